The lowest BCUT2D eigenvalue weighted by molar-refractivity contribution is -0.150. The normalized spacial score (nSPS) is 20.3. The van der Waals surface area contributed by atoms with Gasteiger partial charge in [-0.15, -0.1) is 0 Å². The van der Waals surface area contributed by atoms with Crippen LogP contribution in [0.5, 0.6) is 0 Å². The van der Waals surface area contributed by atoms with E-state index in [0.29, 0.717) is 6.42 Å². The maximum atomic E-state index is 12.5. The molecule has 9 nitrogen and oxygen atoms in total. The first-order valence-corrected chi connectivity index (χ1v) is 9.20. The number of esters is 1. The summed E-state index contributed by atoms with van der Waals surface area (Å²) in [6.07, 6.45) is 4.20. The van der Waals surface area contributed by atoms with Crippen molar-refractivity contribution in [3.63, 3.8) is 0 Å². The van der Waals surface area contributed by atoms with Gasteiger partial charge >= 0.3 is 11.7 Å². The Morgan fingerprint density at radius 1 is 1.32 bits per heavy atom. The first-order chi connectivity index (χ1) is 13.0. The Hall–Kier alpha value is -2.68. The van der Waals surface area contributed by atoms with Crippen LogP contribution in [0.2, 0.25) is 0 Å². The fourth-order valence-corrected chi connectivity index (χ4v) is 3.57. The Morgan fingerprint density at radius 3 is 2.64 bits per heavy atom. The molecule has 0 bridgehead atoms. The Bertz CT molecular complexity index is 1070. The Morgan fingerprint density at radius 2 is 2.00 bits per heavy atom. The van der Waals surface area contributed by atoms with Crippen molar-refractivity contribution in [2.75, 3.05) is 0 Å². The highest BCUT2D eigenvalue weighted by molar-refractivity contribution is 5.75. The number of rotatable bonds is 4. The molecular weight excluding hydrogens is 364 g/mol. The second-order valence-electron chi connectivity index (χ2n) is 8.00. The first-order valence-electron chi connectivity index (χ1n) is 9.20. The van der Waals surface area contributed by atoms with E-state index in [1.165, 1.54) is 29.6 Å². The fraction of sp³-hybridized carbons (Fsp3) is 0.579. The van der Waals surface area contributed by atoms with Crippen molar-refractivity contribution in [1.82, 2.24) is 18.7 Å². The fourth-order valence-electron chi connectivity index (χ4n) is 3.57. The van der Waals surface area contributed by atoms with Crippen molar-refractivity contribution in [2.24, 2.45) is 20.0 Å². The van der Waals surface area contributed by atoms with Crippen molar-refractivity contribution in [3.8, 4) is 0 Å². The molecule has 0 radical (unpaired) electrons. The molecule has 0 saturated carbocycles. The molecule has 2 atom stereocenters. The molecule has 1 N–H and O–H groups in total. The van der Waals surface area contributed by atoms with Crippen LogP contribution < -0.4 is 11.2 Å². The number of imidazole rings is 1. The van der Waals surface area contributed by atoms with Crippen molar-refractivity contribution < 1.29 is 14.6 Å². The molecule has 28 heavy (non-hydrogen) atoms. The second-order valence-corrected chi connectivity index (χ2v) is 8.00. The van der Waals surface area contributed by atoms with Crippen LogP contribution in [-0.2, 0) is 30.2 Å². The first kappa shape index (κ1) is 20.1. The van der Waals surface area contributed by atoms with Gasteiger partial charge in [-0.05, 0) is 45.1 Å². The van der Waals surface area contributed by atoms with Gasteiger partial charge in [0.2, 0.25) is 0 Å². The minimum Gasteiger partial charge on any atom is -0.457 e. The van der Waals surface area contributed by atoms with Gasteiger partial charge in [0, 0.05) is 14.1 Å². The molecule has 1 aliphatic rings. The molecule has 2 aromatic heterocycles. The molecule has 152 valence electrons. The smallest absolute Gasteiger partial charge is 0.332 e. The summed E-state index contributed by atoms with van der Waals surface area (Å²) in [5.41, 5.74) is -0.518. The molecule has 2 heterocycles. The minimum atomic E-state index is -0.862. The number of aliphatic hydroxyl groups is 1. The van der Waals surface area contributed by atoms with Gasteiger partial charge in [-0.2, -0.15) is 0 Å². The van der Waals surface area contributed by atoms with E-state index in [9.17, 15) is 19.5 Å². The summed E-state index contributed by atoms with van der Waals surface area (Å²) in [5.74, 6) is -0.519. The summed E-state index contributed by atoms with van der Waals surface area (Å²) in [6.45, 7) is 5.21. The van der Waals surface area contributed by atoms with Gasteiger partial charge in [0.15, 0.2) is 11.2 Å². The number of aryl methyl sites for hydroxylation is 1. The molecule has 0 amide bonds. The van der Waals surface area contributed by atoms with Gasteiger partial charge in [0.25, 0.3) is 5.56 Å². The summed E-state index contributed by atoms with van der Waals surface area (Å²) in [6, 6.07) is 0. The summed E-state index contributed by atoms with van der Waals surface area (Å²) < 4.78 is 9.27. The molecule has 0 spiro atoms. The molecule has 0 aliphatic heterocycles. The van der Waals surface area contributed by atoms with Crippen molar-refractivity contribution in [3.05, 3.63) is 38.8 Å². The zero-order chi connectivity index (χ0) is 20.8. The average molecular weight is 390 g/mol. The summed E-state index contributed by atoms with van der Waals surface area (Å²) in [4.78, 5) is 41.1. The van der Waals surface area contributed by atoms with E-state index in [1.54, 1.807) is 13.8 Å². The van der Waals surface area contributed by atoms with E-state index in [1.807, 2.05) is 13.0 Å². The number of fused-ring (bicyclic) bond motifs is 1. The van der Waals surface area contributed by atoms with Crippen molar-refractivity contribution in [1.29, 1.82) is 0 Å². The topological polar surface area (TPSA) is 108 Å². The van der Waals surface area contributed by atoms with Gasteiger partial charge in [-0.3, -0.25) is 18.7 Å². The number of carbonyl (C=O) groups is 1. The number of carbonyl (C=O) groups excluding carboxylic acids is 1. The van der Waals surface area contributed by atoms with Crippen molar-refractivity contribution in [2.45, 2.75) is 51.9 Å². The largest absolute Gasteiger partial charge is 0.457 e. The monoisotopic (exact) mass is 390 g/mol. The molecule has 9 heteroatoms. The molecule has 0 fully saturated rings. The lowest BCUT2D eigenvalue weighted by Gasteiger charge is -2.35. The van der Waals surface area contributed by atoms with Crippen LogP contribution in [0.4, 0.5) is 0 Å². The molecule has 2 aromatic rings. The van der Waals surface area contributed by atoms with E-state index in [0.717, 1.165) is 16.6 Å². The molecular formula is C19H26N4O5. The highest BCUT2D eigenvalue weighted by Crippen LogP contribution is 2.33. The lowest BCUT2D eigenvalue weighted by atomic mass is 9.78. The van der Waals surface area contributed by atoms with Gasteiger partial charge in [0.05, 0.1) is 11.9 Å². The predicted molar refractivity (Wildman–Crippen MR) is 103 cm³/mol. The summed E-state index contributed by atoms with van der Waals surface area (Å²) >= 11 is 0. The van der Waals surface area contributed by atoms with E-state index in [-0.39, 0.29) is 23.6 Å². The lowest BCUT2D eigenvalue weighted by Crippen LogP contribution is -2.38. The van der Waals surface area contributed by atoms with Gasteiger partial charge in [-0.1, -0.05) is 6.08 Å². The predicted octanol–water partition coefficient (Wildman–Crippen LogP) is 0.473. The van der Waals surface area contributed by atoms with Crippen LogP contribution in [0.1, 0.15) is 33.6 Å². The van der Waals surface area contributed by atoms with Crippen LogP contribution in [0, 0.1) is 5.92 Å². The highest BCUT2D eigenvalue weighted by atomic mass is 16.5. The van der Waals surface area contributed by atoms with Crippen LogP contribution in [-0.4, -0.2) is 41.5 Å². The zero-order valence-electron chi connectivity index (χ0n) is 16.8. The SMILES string of the molecule is CC1=CC[C@@H](C(C)(C)O)C[C@@H]1OC(=O)Cn1cnc2c1c(=O)n(C)c(=O)n2C. The third kappa shape index (κ3) is 3.54. The standard InChI is InChI=1S/C19H26N4O5/c1-11-6-7-12(19(2,3)27)8-13(11)28-14(24)9-23-10-20-16-15(23)17(25)22(5)18(26)21(16)4/h6,10,12-13,27H,7-9H2,1-5H3/t12-,13+/m1/s1. The number of ether oxygens (including phenoxy) is 1. The average Bonchev–Trinajstić information content (AvgIpc) is 3.02. The maximum absolute atomic E-state index is 12.5. The Kier molecular flexibility index (Phi) is 5.05. The van der Waals surface area contributed by atoms with E-state index < -0.39 is 28.9 Å². The minimum absolute atomic E-state index is 0.00936. The summed E-state index contributed by atoms with van der Waals surface area (Å²) in [7, 11) is 2.90. The van der Waals surface area contributed by atoms with Crippen LogP contribution >= 0.6 is 0 Å². The second kappa shape index (κ2) is 7.05. The third-order valence-corrected chi connectivity index (χ3v) is 5.52. The van der Waals surface area contributed by atoms with Gasteiger partial charge < -0.3 is 14.4 Å². The Balaban J connectivity index is 1.83. The maximum Gasteiger partial charge on any atom is 0.332 e. The number of nitrogens with zero attached hydrogens (tertiary/aromatic N) is 4. The van der Waals surface area contributed by atoms with Gasteiger partial charge in [-0.25, -0.2) is 9.78 Å². The van der Waals surface area contributed by atoms with E-state index in [2.05, 4.69) is 4.98 Å². The van der Waals surface area contributed by atoms with E-state index >= 15 is 0 Å². The van der Waals surface area contributed by atoms with Gasteiger partial charge in [0.1, 0.15) is 12.6 Å². The number of allylic oxidation sites excluding steroid dienone is 1. The highest BCUT2D eigenvalue weighted by Gasteiger charge is 2.33. The molecule has 0 aromatic carbocycles. The number of hydrogen-bond donors (Lipinski definition) is 1. The quantitative estimate of drug-likeness (QED) is 0.601. The molecule has 0 unspecified atom stereocenters. The van der Waals surface area contributed by atoms with Crippen molar-refractivity contribution >= 4 is 17.1 Å². The molecule has 0 saturated heterocycles. The van der Waals surface area contributed by atoms with Crippen LogP contribution in [0.25, 0.3) is 11.2 Å². The number of aromatic nitrogens is 4. The molecule has 1 aliphatic carbocycles. The van der Waals surface area contributed by atoms with Crippen LogP contribution in [0.15, 0.2) is 27.6 Å². The Labute approximate surface area is 161 Å². The molecule has 3 rings (SSSR count). The summed E-state index contributed by atoms with van der Waals surface area (Å²) in [5, 5.41) is 10.3. The van der Waals surface area contributed by atoms with Crippen LogP contribution in [0.3, 0.4) is 0 Å². The van der Waals surface area contributed by atoms with E-state index in [4.69, 9.17) is 4.74 Å². The number of hydrogen-bond acceptors (Lipinski definition) is 6. The zero-order valence-corrected chi connectivity index (χ0v) is 16.8. The third-order valence-electron chi connectivity index (χ3n) is 5.52.